The van der Waals surface area contributed by atoms with Crippen molar-refractivity contribution in [2.75, 3.05) is 13.1 Å². The lowest BCUT2D eigenvalue weighted by Crippen LogP contribution is -2.40. The molecule has 0 aromatic heterocycles. The van der Waals surface area contributed by atoms with Gasteiger partial charge >= 0.3 is 12.6 Å². The maximum absolute atomic E-state index is 12.4. The van der Waals surface area contributed by atoms with Crippen molar-refractivity contribution in [3.8, 4) is 5.75 Å². The smallest absolute Gasteiger partial charge is 0.416 e. The minimum Gasteiger partial charge on any atom is -0.489 e. The fourth-order valence-electron chi connectivity index (χ4n) is 2.07. The van der Waals surface area contributed by atoms with Crippen molar-refractivity contribution in [2.24, 2.45) is 0 Å². The number of rotatable bonds is 4. The van der Waals surface area contributed by atoms with Crippen molar-refractivity contribution >= 4 is 6.47 Å². The Labute approximate surface area is 114 Å². The summed E-state index contributed by atoms with van der Waals surface area (Å²) < 4.78 is 42.8. The Morgan fingerprint density at radius 2 is 1.95 bits per heavy atom. The monoisotopic (exact) mass is 289 g/mol. The highest BCUT2D eigenvalue weighted by Crippen LogP contribution is 2.30. The van der Waals surface area contributed by atoms with Crippen LogP contribution in [0.2, 0.25) is 0 Å². The number of nitrogens with zero attached hydrogens (tertiary/aromatic N) is 1. The fourth-order valence-corrected chi connectivity index (χ4v) is 2.07. The van der Waals surface area contributed by atoms with E-state index in [1.54, 1.807) is 0 Å². The van der Waals surface area contributed by atoms with Crippen molar-refractivity contribution < 1.29 is 27.5 Å². The van der Waals surface area contributed by atoms with Crippen molar-refractivity contribution in [1.82, 2.24) is 5.06 Å². The van der Waals surface area contributed by atoms with Crippen LogP contribution in [0.25, 0.3) is 0 Å². The molecule has 0 radical (unpaired) electrons. The topological polar surface area (TPSA) is 38.8 Å². The quantitative estimate of drug-likeness (QED) is 0.799. The second-order valence-corrected chi connectivity index (χ2v) is 4.49. The minimum absolute atomic E-state index is 0.208. The summed E-state index contributed by atoms with van der Waals surface area (Å²) in [6.07, 6.45) is -3.00. The molecule has 1 aromatic carbocycles. The standard InChI is InChI=1S/C13H14F3NO3/c14-13(15,16)10-3-5-11(6-4-10)20-12-2-1-7-17(8-12)19-9-18/h3-6,9,12H,1-2,7-8H2/t12-/m0/s1. The van der Waals surface area contributed by atoms with Crippen LogP contribution in [0.4, 0.5) is 13.2 Å². The van der Waals surface area contributed by atoms with E-state index < -0.39 is 11.7 Å². The van der Waals surface area contributed by atoms with Crippen LogP contribution in [0.5, 0.6) is 5.75 Å². The van der Waals surface area contributed by atoms with E-state index in [2.05, 4.69) is 0 Å². The first-order valence-corrected chi connectivity index (χ1v) is 6.18. The molecular formula is C13H14F3NO3. The predicted octanol–water partition coefficient (Wildman–Crippen LogP) is 2.64. The molecular weight excluding hydrogens is 275 g/mol. The summed E-state index contributed by atoms with van der Waals surface area (Å²) in [4.78, 5) is 15.0. The molecule has 0 bridgehead atoms. The molecule has 2 rings (SSSR count). The summed E-state index contributed by atoms with van der Waals surface area (Å²) in [5, 5.41) is 1.48. The summed E-state index contributed by atoms with van der Waals surface area (Å²) in [5.74, 6) is 0.371. The average Bonchev–Trinajstić information content (AvgIpc) is 2.39. The second-order valence-electron chi connectivity index (χ2n) is 4.49. The first kappa shape index (κ1) is 14.6. The lowest BCUT2D eigenvalue weighted by molar-refractivity contribution is -0.184. The number of hydroxylamine groups is 2. The number of carbonyl (C=O) groups excluding carboxylic acids is 1. The number of halogens is 3. The number of piperidine rings is 1. The van der Waals surface area contributed by atoms with E-state index in [9.17, 15) is 18.0 Å². The molecule has 4 nitrogen and oxygen atoms in total. The molecule has 1 saturated heterocycles. The van der Waals surface area contributed by atoms with Crippen molar-refractivity contribution in [3.05, 3.63) is 29.8 Å². The predicted molar refractivity (Wildman–Crippen MR) is 63.8 cm³/mol. The highest BCUT2D eigenvalue weighted by atomic mass is 19.4. The molecule has 1 aromatic rings. The zero-order valence-electron chi connectivity index (χ0n) is 10.6. The van der Waals surface area contributed by atoms with Crippen LogP contribution < -0.4 is 4.74 Å². The first-order chi connectivity index (χ1) is 9.49. The molecule has 20 heavy (non-hydrogen) atoms. The molecule has 1 fully saturated rings. The van der Waals surface area contributed by atoms with Gasteiger partial charge in [0.15, 0.2) is 0 Å². The molecule has 0 spiro atoms. The molecule has 1 atom stereocenters. The molecule has 0 saturated carbocycles. The molecule has 0 amide bonds. The molecule has 1 aliphatic rings. The zero-order valence-corrected chi connectivity index (χ0v) is 10.6. The Morgan fingerprint density at radius 3 is 2.55 bits per heavy atom. The third kappa shape index (κ3) is 3.86. The summed E-state index contributed by atoms with van der Waals surface area (Å²) in [5.41, 5.74) is -0.709. The van der Waals surface area contributed by atoms with E-state index in [0.29, 0.717) is 25.3 Å². The van der Waals surface area contributed by atoms with Crippen LogP contribution in [0, 0.1) is 0 Å². The number of alkyl halides is 3. The van der Waals surface area contributed by atoms with E-state index in [4.69, 9.17) is 9.57 Å². The highest BCUT2D eigenvalue weighted by molar-refractivity contribution is 5.36. The Hall–Kier alpha value is -1.76. The molecule has 1 heterocycles. The highest BCUT2D eigenvalue weighted by Gasteiger charge is 2.30. The summed E-state index contributed by atoms with van der Waals surface area (Å²) in [7, 11) is 0. The number of ether oxygens (including phenoxy) is 1. The van der Waals surface area contributed by atoms with Gasteiger partial charge in [0, 0.05) is 6.54 Å². The van der Waals surface area contributed by atoms with Gasteiger partial charge < -0.3 is 9.57 Å². The van der Waals surface area contributed by atoms with E-state index in [1.165, 1.54) is 17.2 Å². The number of benzene rings is 1. The molecule has 1 aliphatic heterocycles. The van der Waals surface area contributed by atoms with Crippen LogP contribution in [0.15, 0.2) is 24.3 Å². The van der Waals surface area contributed by atoms with Crippen molar-refractivity contribution in [3.63, 3.8) is 0 Å². The summed E-state index contributed by atoms with van der Waals surface area (Å²) in [6, 6.07) is 4.56. The average molecular weight is 289 g/mol. The van der Waals surface area contributed by atoms with Gasteiger partial charge in [-0.15, -0.1) is 5.06 Å². The third-order valence-electron chi connectivity index (χ3n) is 3.02. The summed E-state index contributed by atoms with van der Waals surface area (Å²) in [6.45, 7) is 1.38. The molecule has 0 unspecified atom stereocenters. The van der Waals surface area contributed by atoms with Gasteiger partial charge in [-0.3, -0.25) is 4.79 Å². The van der Waals surface area contributed by atoms with Gasteiger partial charge in [-0.25, -0.2) is 0 Å². The SMILES string of the molecule is O=CON1CCC[C@H](Oc2ccc(C(F)(F)F)cc2)C1. The van der Waals surface area contributed by atoms with Crippen LogP contribution >= 0.6 is 0 Å². The van der Waals surface area contributed by atoms with Crippen molar-refractivity contribution in [1.29, 1.82) is 0 Å². The van der Waals surface area contributed by atoms with E-state index in [1.807, 2.05) is 0 Å². The Balaban J connectivity index is 1.94. The number of carbonyl (C=O) groups is 1. The lowest BCUT2D eigenvalue weighted by Gasteiger charge is -2.30. The van der Waals surface area contributed by atoms with Gasteiger partial charge in [-0.1, -0.05) is 0 Å². The van der Waals surface area contributed by atoms with Gasteiger partial charge in [0.25, 0.3) is 0 Å². The third-order valence-corrected chi connectivity index (χ3v) is 3.02. The maximum atomic E-state index is 12.4. The Kier molecular flexibility index (Phi) is 4.49. The van der Waals surface area contributed by atoms with Crippen LogP contribution in [0.1, 0.15) is 18.4 Å². The first-order valence-electron chi connectivity index (χ1n) is 6.18. The largest absolute Gasteiger partial charge is 0.489 e. The van der Waals surface area contributed by atoms with Gasteiger partial charge in [0.2, 0.25) is 0 Å². The molecule has 110 valence electrons. The molecule has 0 N–H and O–H groups in total. The number of hydrogen-bond donors (Lipinski definition) is 0. The van der Waals surface area contributed by atoms with Crippen LogP contribution in [-0.4, -0.2) is 30.7 Å². The second kappa shape index (κ2) is 6.13. The number of hydrogen-bond acceptors (Lipinski definition) is 4. The molecule has 0 aliphatic carbocycles. The lowest BCUT2D eigenvalue weighted by atomic mass is 10.1. The van der Waals surface area contributed by atoms with Gasteiger partial charge in [0.05, 0.1) is 12.1 Å². The van der Waals surface area contributed by atoms with Crippen molar-refractivity contribution in [2.45, 2.75) is 25.1 Å². The van der Waals surface area contributed by atoms with E-state index in [0.717, 1.165) is 25.0 Å². The maximum Gasteiger partial charge on any atom is 0.416 e. The Bertz CT molecular complexity index is 447. The fraction of sp³-hybridized carbons (Fsp3) is 0.462. The normalized spacial score (nSPS) is 20.4. The molecule has 7 heteroatoms. The van der Waals surface area contributed by atoms with Gasteiger partial charge in [-0.2, -0.15) is 13.2 Å². The Morgan fingerprint density at radius 1 is 1.25 bits per heavy atom. The van der Waals surface area contributed by atoms with E-state index in [-0.39, 0.29) is 6.10 Å². The van der Waals surface area contributed by atoms with Crippen LogP contribution in [0.3, 0.4) is 0 Å². The minimum atomic E-state index is -4.35. The zero-order chi connectivity index (χ0) is 14.6. The van der Waals surface area contributed by atoms with Gasteiger partial charge in [-0.05, 0) is 37.1 Å². The summed E-state index contributed by atoms with van der Waals surface area (Å²) >= 11 is 0. The van der Waals surface area contributed by atoms with Crippen LogP contribution in [-0.2, 0) is 15.8 Å². The van der Waals surface area contributed by atoms with E-state index >= 15 is 0 Å². The van der Waals surface area contributed by atoms with Gasteiger partial charge in [0.1, 0.15) is 11.9 Å².